The quantitative estimate of drug-likeness (QED) is 0.705. The monoisotopic (exact) mass is 431 g/mol. The van der Waals surface area contributed by atoms with Gasteiger partial charge < -0.3 is 5.32 Å². The molecule has 29 heavy (non-hydrogen) atoms. The third-order valence-corrected chi connectivity index (χ3v) is 8.98. The number of nitrogens with one attached hydrogen (secondary N) is 2. The Morgan fingerprint density at radius 2 is 1.69 bits per heavy atom. The number of sulfonamides is 1. The van der Waals surface area contributed by atoms with E-state index in [1.165, 1.54) is 62.0 Å². The second-order valence-corrected chi connectivity index (χ2v) is 11.7. The van der Waals surface area contributed by atoms with Gasteiger partial charge >= 0.3 is 0 Å². The number of nitrogens with zero attached hydrogens (tertiary/aromatic N) is 1. The van der Waals surface area contributed by atoms with Crippen LogP contribution in [0.2, 0.25) is 0 Å². The van der Waals surface area contributed by atoms with Gasteiger partial charge in [0.25, 0.3) is 10.0 Å². The Bertz CT molecular complexity index is 965. The van der Waals surface area contributed by atoms with Gasteiger partial charge in [0, 0.05) is 23.7 Å². The molecule has 2 N–H and O–H groups in total. The van der Waals surface area contributed by atoms with Gasteiger partial charge in [0.15, 0.2) is 5.13 Å². The number of rotatable bonds is 6. The zero-order valence-electron chi connectivity index (χ0n) is 16.1. The van der Waals surface area contributed by atoms with Crippen LogP contribution < -0.4 is 10.0 Å². The molecule has 6 nitrogen and oxygen atoms in total. The minimum atomic E-state index is -3.68. The number of hydrogen-bond acceptors (Lipinski definition) is 5. The van der Waals surface area contributed by atoms with Crippen LogP contribution in [-0.4, -0.2) is 19.3 Å². The van der Waals surface area contributed by atoms with Gasteiger partial charge in [-0.15, -0.1) is 11.3 Å². The Hall–Kier alpha value is -1.93. The fourth-order valence-electron chi connectivity index (χ4n) is 6.22. The summed E-state index contributed by atoms with van der Waals surface area (Å²) in [5.74, 6) is 2.51. The van der Waals surface area contributed by atoms with Gasteiger partial charge in [0.05, 0.1) is 4.90 Å². The molecule has 0 saturated heterocycles. The molecule has 1 amide bonds. The molecule has 0 atom stereocenters. The van der Waals surface area contributed by atoms with Gasteiger partial charge in [-0.2, -0.15) is 0 Å². The number of amides is 1. The Morgan fingerprint density at radius 3 is 2.24 bits per heavy atom. The minimum absolute atomic E-state index is 0.0449. The lowest BCUT2D eigenvalue weighted by Gasteiger charge is -2.56. The van der Waals surface area contributed by atoms with Crippen LogP contribution in [0.5, 0.6) is 0 Å². The Kier molecular flexibility index (Phi) is 4.66. The van der Waals surface area contributed by atoms with E-state index in [4.69, 9.17) is 0 Å². The summed E-state index contributed by atoms with van der Waals surface area (Å²) in [5, 5.41) is 5.02. The first-order valence-electron chi connectivity index (χ1n) is 10.2. The Balaban J connectivity index is 1.23. The first kappa shape index (κ1) is 19.1. The van der Waals surface area contributed by atoms with Gasteiger partial charge in [-0.25, -0.2) is 13.4 Å². The van der Waals surface area contributed by atoms with Crippen molar-refractivity contribution in [2.45, 2.75) is 49.8 Å². The molecule has 2 aromatic rings. The zero-order valence-corrected chi connectivity index (χ0v) is 17.8. The lowest BCUT2D eigenvalue weighted by atomic mass is 9.49. The van der Waals surface area contributed by atoms with Crippen molar-refractivity contribution in [2.24, 2.45) is 23.2 Å². The lowest BCUT2D eigenvalue weighted by Crippen LogP contribution is -2.47. The van der Waals surface area contributed by atoms with E-state index in [1.807, 2.05) is 0 Å². The molecule has 4 saturated carbocycles. The molecule has 4 fully saturated rings. The van der Waals surface area contributed by atoms with E-state index >= 15 is 0 Å². The summed E-state index contributed by atoms with van der Waals surface area (Å²) in [7, 11) is -3.68. The predicted molar refractivity (Wildman–Crippen MR) is 113 cm³/mol. The van der Waals surface area contributed by atoms with Crippen molar-refractivity contribution in [3.63, 3.8) is 0 Å². The van der Waals surface area contributed by atoms with Gasteiger partial charge in [0.2, 0.25) is 5.91 Å². The summed E-state index contributed by atoms with van der Waals surface area (Å²) in [5.41, 5.74) is 0.827. The highest BCUT2D eigenvalue weighted by Crippen LogP contribution is 2.61. The summed E-state index contributed by atoms with van der Waals surface area (Å²) in [6, 6.07) is 6.31. The van der Waals surface area contributed by atoms with Crippen LogP contribution in [0, 0.1) is 23.2 Å². The fraction of sp³-hybridized carbons (Fsp3) is 0.524. The normalized spacial score (nSPS) is 30.3. The summed E-state index contributed by atoms with van der Waals surface area (Å²) in [6.45, 7) is 0. The minimum Gasteiger partial charge on any atom is -0.326 e. The zero-order chi connectivity index (χ0) is 20.1. The van der Waals surface area contributed by atoms with Crippen molar-refractivity contribution < 1.29 is 13.2 Å². The van der Waals surface area contributed by atoms with Crippen molar-refractivity contribution in [3.8, 4) is 0 Å². The molecular weight excluding hydrogens is 406 g/mol. The molecule has 8 heteroatoms. The predicted octanol–water partition coefficient (Wildman–Crippen LogP) is 4.49. The topological polar surface area (TPSA) is 88.2 Å². The molecule has 0 unspecified atom stereocenters. The highest BCUT2D eigenvalue weighted by Gasteiger charge is 2.51. The number of benzene rings is 1. The highest BCUT2D eigenvalue weighted by molar-refractivity contribution is 7.93. The summed E-state index contributed by atoms with van der Waals surface area (Å²) >= 11 is 1.22. The van der Waals surface area contributed by atoms with E-state index in [0.29, 0.717) is 17.2 Å². The van der Waals surface area contributed by atoms with E-state index < -0.39 is 10.0 Å². The molecule has 0 radical (unpaired) electrons. The van der Waals surface area contributed by atoms with Crippen LogP contribution in [0.4, 0.5) is 10.8 Å². The summed E-state index contributed by atoms with van der Waals surface area (Å²) in [4.78, 5) is 16.8. The number of hydrogen-bond donors (Lipinski definition) is 2. The Labute approximate surface area is 175 Å². The SMILES string of the molecule is O=C(CC12CC3CC(CC(C3)C1)C2)Nc1ccc(S(=O)(=O)Nc2nccs2)cc1. The second kappa shape index (κ2) is 7.09. The first-order chi connectivity index (χ1) is 13.9. The molecule has 0 aliphatic heterocycles. The van der Waals surface area contributed by atoms with Crippen LogP contribution in [0.25, 0.3) is 0 Å². The number of aromatic nitrogens is 1. The van der Waals surface area contributed by atoms with Gasteiger partial charge in [0.1, 0.15) is 0 Å². The highest BCUT2D eigenvalue weighted by atomic mass is 32.2. The second-order valence-electron chi connectivity index (χ2n) is 9.11. The van der Waals surface area contributed by atoms with Crippen LogP contribution >= 0.6 is 11.3 Å². The summed E-state index contributed by atoms with van der Waals surface area (Å²) < 4.78 is 27.3. The maximum absolute atomic E-state index is 12.7. The largest absolute Gasteiger partial charge is 0.326 e. The fourth-order valence-corrected chi connectivity index (χ4v) is 8.01. The average molecular weight is 432 g/mol. The van der Waals surface area contributed by atoms with E-state index in [2.05, 4.69) is 15.0 Å². The molecule has 1 aromatic heterocycles. The van der Waals surface area contributed by atoms with Crippen molar-refractivity contribution in [1.29, 1.82) is 0 Å². The maximum atomic E-state index is 12.7. The number of anilines is 2. The van der Waals surface area contributed by atoms with Gasteiger partial charge in [-0.1, -0.05) is 0 Å². The van der Waals surface area contributed by atoms with E-state index in [0.717, 1.165) is 17.8 Å². The van der Waals surface area contributed by atoms with E-state index in [-0.39, 0.29) is 16.2 Å². The van der Waals surface area contributed by atoms with Crippen molar-refractivity contribution in [3.05, 3.63) is 35.8 Å². The van der Waals surface area contributed by atoms with Crippen molar-refractivity contribution in [2.75, 3.05) is 10.0 Å². The van der Waals surface area contributed by atoms with Gasteiger partial charge in [-0.05, 0) is 86.0 Å². The van der Waals surface area contributed by atoms with E-state index in [1.54, 1.807) is 23.7 Å². The van der Waals surface area contributed by atoms with E-state index in [9.17, 15) is 13.2 Å². The molecule has 1 heterocycles. The van der Waals surface area contributed by atoms with Gasteiger partial charge in [-0.3, -0.25) is 9.52 Å². The molecule has 0 spiro atoms. The number of thiazole rings is 1. The maximum Gasteiger partial charge on any atom is 0.263 e. The molecule has 154 valence electrons. The molecule has 4 aliphatic rings. The van der Waals surface area contributed by atoms with Crippen molar-refractivity contribution >= 4 is 38.1 Å². The molecule has 1 aromatic carbocycles. The molecular formula is C21H25N3O3S2. The third-order valence-electron chi connectivity index (χ3n) is 6.80. The third kappa shape index (κ3) is 3.92. The van der Waals surface area contributed by atoms with Crippen molar-refractivity contribution in [1.82, 2.24) is 4.98 Å². The van der Waals surface area contributed by atoms with Crippen LogP contribution in [0.1, 0.15) is 44.9 Å². The number of carbonyl (C=O) groups is 1. The average Bonchev–Trinajstić information content (AvgIpc) is 3.12. The molecule has 4 aliphatic carbocycles. The standard InChI is InChI=1S/C21H25N3O3S2/c25-19(13-21-10-14-7-15(11-21)9-16(8-14)12-21)23-17-1-3-18(4-2-17)29(26,27)24-20-22-5-6-28-20/h1-6,14-16H,7-13H2,(H,22,24)(H,23,25). The smallest absolute Gasteiger partial charge is 0.263 e. The first-order valence-corrected chi connectivity index (χ1v) is 12.6. The lowest BCUT2D eigenvalue weighted by molar-refractivity contribution is -0.124. The Morgan fingerprint density at radius 1 is 1.07 bits per heavy atom. The summed E-state index contributed by atoms with van der Waals surface area (Å²) in [6.07, 6.45) is 9.83. The van der Waals surface area contributed by atoms with Crippen LogP contribution in [-0.2, 0) is 14.8 Å². The number of carbonyl (C=O) groups excluding carboxylic acids is 1. The molecule has 6 rings (SSSR count). The van der Waals surface area contributed by atoms with Crippen LogP contribution in [0.15, 0.2) is 40.7 Å². The van der Waals surface area contributed by atoms with Crippen LogP contribution in [0.3, 0.4) is 0 Å². The molecule has 4 bridgehead atoms.